The van der Waals surface area contributed by atoms with Crippen molar-refractivity contribution in [3.63, 3.8) is 0 Å². The van der Waals surface area contributed by atoms with Gasteiger partial charge in [-0.25, -0.2) is 0 Å². The van der Waals surface area contributed by atoms with Crippen LogP contribution in [0.5, 0.6) is 5.75 Å². The van der Waals surface area contributed by atoms with E-state index in [-0.39, 0.29) is 18.1 Å². The molecule has 1 aromatic rings. The molecule has 80 valence electrons. The molecule has 2 N–H and O–H groups in total. The number of aromatic hydroxyl groups is 1. The van der Waals surface area contributed by atoms with Crippen LogP contribution in [0.4, 0.5) is 0 Å². The monoisotopic (exact) mass is 206 g/mol. The number of phenols is 1. The zero-order valence-electron chi connectivity index (χ0n) is 8.39. The Hall–Kier alpha value is -1.61. The molecule has 1 rings (SSSR count). The zero-order chi connectivity index (χ0) is 11.1. The number of phenolic OH excluding ortho intramolecular Hbond substituents is 1. The number of aliphatic hydroxyl groups is 1. The molecule has 0 saturated heterocycles. The summed E-state index contributed by atoms with van der Waals surface area (Å²) in [4.78, 5) is 11.2. The number of aliphatic hydroxyl groups excluding tert-OH is 1. The number of ketones is 1. The number of carbonyl (C=O) groups excluding carboxylic acids is 1. The molecule has 0 aliphatic heterocycles. The van der Waals surface area contributed by atoms with Crippen LogP contribution in [0.25, 0.3) is 6.08 Å². The molecule has 15 heavy (non-hydrogen) atoms. The number of hydrogen-bond acceptors (Lipinski definition) is 3. The third-order valence-electron chi connectivity index (χ3n) is 1.97. The molecule has 0 amide bonds. The van der Waals surface area contributed by atoms with Gasteiger partial charge in [-0.3, -0.25) is 4.79 Å². The Balaban J connectivity index is 2.58. The topological polar surface area (TPSA) is 57.5 Å². The lowest BCUT2D eigenvalue weighted by Gasteiger charge is -1.96. The maximum atomic E-state index is 11.2. The number of rotatable bonds is 5. The van der Waals surface area contributed by atoms with Gasteiger partial charge in [0.25, 0.3) is 0 Å². The predicted octanol–water partition coefficient (Wildman–Crippen LogP) is 1.75. The highest BCUT2D eigenvalue weighted by atomic mass is 16.3. The molecule has 0 atom stereocenters. The van der Waals surface area contributed by atoms with Crippen LogP contribution in [-0.4, -0.2) is 22.6 Å². The molecule has 0 saturated carbocycles. The normalized spacial score (nSPS) is 10.7. The van der Waals surface area contributed by atoms with Crippen LogP contribution in [0.3, 0.4) is 0 Å². The maximum absolute atomic E-state index is 11.2. The van der Waals surface area contributed by atoms with Crippen molar-refractivity contribution < 1.29 is 15.0 Å². The van der Waals surface area contributed by atoms with Gasteiger partial charge in [-0.1, -0.05) is 18.2 Å². The van der Waals surface area contributed by atoms with Crippen LogP contribution in [0, 0.1) is 0 Å². The summed E-state index contributed by atoms with van der Waals surface area (Å²) in [6.07, 6.45) is 3.81. The van der Waals surface area contributed by atoms with Crippen molar-refractivity contribution in [1.82, 2.24) is 0 Å². The van der Waals surface area contributed by atoms with Crippen molar-refractivity contribution in [2.45, 2.75) is 12.8 Å². The minimum absolute atomic E-state index is 0.0240. The van der Waals surface area contributed by atoms with Crippen molar-refractivity contribution in [2.75, 3.05) is 6.61 Å². The molecular weight excluding hydrogens is 192 g/mol. The van der Waals surface area contributed by atoms with Gasteiger partial charge in [0, 0.05) is 18.6 Å². The number of allylic oxidation sites excluding steroid dienone is 1. The van der Waals surface area contributed by atoms with Crippen molar-refractivity contribution in [1.29, 1.82) is 0 Å². The number of hydrogen-bond donors (Lipinski definition) is 2. The summed E-state index contributed by atoms with van der Waals surface area (Å²) in [5, 5.41) is 17.9. The highest BCUT2D eigenvalue weighted by Crippen LogP contribution is 2.16. The summed E-state index contributed by atoms with van der Waals surface area (Å²) in [7, 11) is 0. The molecule has 1 aromatic carbocycles. The molecule has 0 aromatic heterocycles. The summed E-state index contributed by atoms with van der Waals surface area (Å²) in [5.41, 5.74) is 0.620. The first-order chi connectivity index (χ1) is 7.24. The standard InChI is InChI=1S/C12H14O3/c13-9-3-5-11(14)8-7-10-4-1-2-6-12(10)15/h1-2,4,6-8,13,15H,3,5,9H2/b8-7+. The molecule has 3 nitrogen and oxygen atoms in total. The Morgan fingerprint density at radius 3 is 2.73 bits per heavy atom. The fourth-order valence-corrected chi connectivity index (χ4v) is 1.15. The molecule has 0 bridgehead atoms. The van der Waals surface area contributed by atoms with E-state index >= 15 is 0 Å². The van der Waals surface area contributed by atoms with Crippen molar-refractivity contribution in [3.05, 3.63) is 35.9 Å². The first-order valence-corrected chi connectivity index (χ1v) is 4.84. The van der Waals surface area contributed by atoms with Crippen LogP contribution in [0.2, 0.25) is 0 Å². The van der Waals surface area contributed by atoms with Gasteiger partial charge in [0.05, 0.1) is 0 Å². The van der Waals surface area contributed by atoms with E-state index in [0.29, 0.717) is 18.4 Å². The minimum Gasteiger partial charge on any atom is -0.507 e. The Morgan fingerprint density at radius 2 is 2.07 bits per heavy atom. The van der Waals surface area contributed by atoms with Crippen LogP contribution in [-0.2, 0) is 4.79 Å². The highest BCUT2D eigenvalue weighted by molar-refractivity contribution is 5.93. The molecule has 3 heteroatoms. The van der Waals surface area contributed by atoms with Gasteiger partial charge in [-0.05, 0) is 24.6 Å². The largest absolute Gasteiger partial charge is 0.507 e. The van der Waals surface area contributed by atoms with Crippen LogP contribution >= 0.6 is 0 Å². The lowest BCUT2D eigenvalue weighted by Crippen LogP contribution is -1.94. The van der Waals surface area contributed by atoms with E-state index in [1.807, 2.05) is 0 Å². The molecule has 0 fully saturated rings. The summed E-state index contributed by atoms with van der Waals surface area (Å²) in [5.74, 6) is 0.107. The smallest absolute Gasteiger partial charge is 0.155 e. The zero-order valence-corrected chi connectivity index (χ0v) is 8.39. The van der Waals surface area contributed by atoms with Crippen LogP contribution in [0.15, 0.2) is 30.3 Å². The van der Waals surface area contributed by atoms with E-state index < -0.39 is 0 Å². The second-order valence-electron chi connectivity index (χ2n) is 3.19. The number of carbonyl (C=O) groups is 1. The van der Waals surface area contributed by atoms with E-state index in [9.17, 15) is 9.90 Å². The van der Waals surface area contributed by atoms with Gasteiger partial charge < -0.3 is 10.2 Å². The summed E-state index contributed by atoms with van der Waals surface area (Å²) in [6, 6.07) is 6.81. The fourth-order valence-electron chi connectivity index (χ4n) is 1.15. The van der Waals surface area contributed by atoms with Gasteiger partial charge in [-0.2, -0.15) is 0 Å². The second-order valence-corrected chi connectivity index (χ2v) is 3.19. The second kappa shape index (κ2) is 5.98. The summed E-state index contributed by atoms with van der Waals surface area (Å²) in [6.45, 7) is 0.0240. The van der Waals surface area contributed by atoms with Crippen molar-refractivity contribution in [3.8, 4) is 5.75 Å². The Labute approximate surface area is 88.7 Å². The predicted molar refractivity (Wildman–Crippen MR) is 58.5 cm³/mol. The van der Waals surface area contributed by atoms with E-state index in [1.54, 1.807) is 30.3 Å². The highest BCUT2D eigenvalue weighted by Gasteiger charge is 1.97. The van der Waals surface area contributed by atoms with Gasteiger partial charge in [0.1, 0.15) is 5.75 Å². The first kappa shape index (κ1) is 11.5. The van der Waals surface area contributed by atoms with Gasteiger partial charge in [0.2, 0.25) is 0 Å². The van der Waals surface area contributed by atoms with E-state index in [4.69, 9.17) is 5.11 Å². The molecule has 0 aliphatic rings. The lowest BCUT2D eigenvalue weighted by molar-refractivity contribution is -0.114. The molecule has 0 heterocycles. The van der Waals surface area contributed by atoms with Crippen LogP contribution < -0.4 is 0 Å². The average molecular weight is 206 g/mol. The number of para-hydroxylation sites is 1. The molecule has 0 radical (unpaired) electrons. The SMILES string of the molecule is O=C(/C=C/c1ccccc1O)CCCO. The summed E-state index contributed by atoms with van der Waals surface area (Å²) < 4.78 is 0. The maximum Gasteiger partial charge on any atom is 0.155 e. The summed E-state index contributed by atoms with van der Waals surface area (Å²) >= 11 is 0. The third kappa shape index (κ3) is 3.95. The fraction of sp³-hybridized carbons (Fsp3) is 0.250. The molecule has 0 spiro atoms. The van der Waals surface area contributed by atoms with Crippen LogP contribution in [0.1, 0.15) is 18.4 Å². The average Bonchev–Trinajstić information content (AvgIpc) is 2.25. The minimum atomic E-state index is -0.0488. The lowest BCUT2D eigenvalue weighted by atomic mass is 10.1. The molecular formula is C12H14O3. The Bertz CT molecular complexity index is 356. The van der Waals surface area contributed by atoms with Crippen molar-refractivity contribution in [2.24, 2.45) is 0 Å². The van der Waals surface area contributed by atoms with E-state index in [0.717, 1.165) is 0 Å². The van der Waals surface area contributed by atoms with Crippen molar-refractivity contribution >= 4 is 11.9 Å². The van der Waals surface area contributed by atoms with Gasteiger partial charge in [0.15, 0.2) is 5.78 Å². The molecule has 0 unspecified atom stereocenters. The van der Waals surface area contributed by atoms with E-state index in [2.05, 4.69) is 0 Å². The van der Waals surface area contributed by atoms with Gasteiger partial charge >= 0.3 is 0 Å². The quantitative estimate of drug-likeness (QED) is 0.721. The Kier molecular flexibility index (Phi) is 4.57. The number of benzene rings is 1. The first-order valence-electron chi connectivity index (χ1n) is 4.84. The molecule has 0 aliphatic carbocycles. The Morgan fingerprint density at radius 1 is 1.33 bits per heavy atom. The van der Waals surface area contributed by atoms with E-state index in [1.165, 1.54) is 6.08 Å². The van der Waals surface area contributed by atoms with Gasteiger partial charge in [-0.15, -0.1) is 0 Å². The third-order valence-corrected chi connectivity index (χ3v) is 1.97.